The topological polar surface area (TPSA) is 99.1 Å². The molecule has 7 heteroatoms. The summed E-state index contributed by atoms with van der Waals surface area (Å²) in [6.45, 7) is 11.8. The number of benzene rings is 1. The molecule has 178 valence electrons. The molecule has 1 aliphatic rings. The molecule has 4 atom stereocenters. The molecule has 1 aromatic rings. The van der Waals surface area contributed by atoms with E-state index in [-0.39, 0.29) is 31.5 Å². The Hall–Kier alpha value is -2.41. The lowest BCUT2D eigenvalue weighted by Gasteiger charge is -2.43. The van der Waals surface area contributed by atoms with Gasteiger partial charge in [-0.3, -0.25) is 14.4 Å². The third-order valence-corrected chi connectivity index (χ3v) is 5.47. The largest absolute Gasteiger partial charge is 0.494 e. The summed E-state index contributed by atoms with van der Waals surface area (Å²) in [6, 6.07) is 6.88. The zero-order chi connectivity index (χ0) is 24.1. The summed E-state index contributed by atoms with van der Waals surface area (Å²) < 4.78 is 16.4. The third-order valence-electron chi connectivity index (χ3n) is 5.47. The van der Waals surface area contributed by atoms with Crippen molar-refractivity contribution >= 4 is 17.7 Å². The smallest absolute Gasteiger partial charge is 0.317 e. The highest BCUT2D eigenvalue weighted by atomic mass is 16.5. The van der Waals surface area contributed by atoms with E-state index in [0.29, 0.717) is 17.9 Å². The third kappa shape index (κ3) is 6.31. The first-order chi connectivity index (χ1) is 15.0. The van der Waals surface area contributed by atoms with Crippen LogP contribution in [0.5, 0.6) is 5.75 Å². The fourth-order valence-electron chi connectivity index (χ4n) is 4.05. The van der Waals surface area contributed by atoms with Crippen LogP contribution in [0.15, 0.2) is 24.3 Å². The van der Waals surface area contributed by atoms with Gasteiger partial charge in [-0.2, -0.15) is 0 Å². The second-order valence-electron chi connectivity index (χ2n) is 9.53. The van der Waals surface area contributed by atoms with Crippen molar-refractivity contribution < 1.29 is 33.7 Å². The Morgan fingerprint density at radius 3 is 2.06 bits per heavy atom. The highest BCUT2D eigenvalue weighted by Crippen LogP contribution is 2.47. The number of esters is 2. The van der Waals surface area contributed by atoms with Crippen LogP contribution >= 0.6 is 0 Å². The van der Waals surface area contributed by atoms with Crippen LogP contribution in [0.25, 0.3) is 0 Å². The number of Topliss-reactive ketones (excluding diaryl/α,β-unsaturated/α-hetero) is 1. The number of rotatable bonds is 9. The Bertz CT molecular complexity index is 795. The van der Waals surface area contributed by atoms with Crippen LogP contribution in [0.1, 0.15) is 59.4 Å². The van der Waals surface area contributed by atoms with E-state index in [1.807, 2.05) is 34.6 Å². The van der Waals surface area contributed by atoms with E-state index >= 15 is 0 Å². The molecule has 7 nitrogen and oxygen atoms in total. The average molecular weight is 449 g/mol. The molecule has 1 N–H and O–H groups in total. The number of aliphatic hydroxyl groups is 1. The maximum Gasteiger partial charge on any atom is 0.317 e. The second-order valence-corrected chi connectivity index (χ2v) is 9.53. The molecule has 1 saturated carbocycles. The molecule has 0 saturated heterocycles. The SMILES string of the molecule is CCOc1ccc(C2C(C(=O)OCC(C)C)C(=O)CC(C)(O)C2C(=O)OCC(C)C)cc1. The quantitative estimate of drug-likeness (QED) is 0.456. The molecule has 0 aliphatic heterocycles. The van der Waals surface area contributed by atoms with Gasteiger partial charge in [0.15, 0.2) is 5.78 Å². The number of hydrogen-bond acceptors (Lipinski definition) is 7. The molecular formula is C25H36O7. The standard InChI is InChI=1S/C25H36O7/c1-7-30-18-10-8-17(9-11-18)20-21(23(27)31-13-15(2)3)19(26)12-25(6,29)22(20)24(28)32-14-16(4)5/h8-11,15-16,20-22,29H,7,12-14H2,1-6H3. The molecular weight excluding hydrogens is 412 g/mol. The maximum absolute atomic E-state index is 13.1. The summed E-state index contributed by atoms with van der Waals surface area (Å²) in [5, 5.41) is 11.1. The molecule has 0 aromatic heterocycles. The van der Waals surface area contributed by atoms with E-state index in [4.69, 9.17) is 14.2 Å². The zero-order valence-electron chi connectivity index (χ0n) is 19.9. The maximum atomic E-state index is 13.1. The fourth-order valence-corrected chi connectivity index (χ4v) is 4.05. The second kappa shape index (κ2) is 10.9. The van der Waals surface area contributed by atoms with Crippen molar-refractivity contribution in [1.82, 2.24) is 0 Å². The predicted octanol–water partition coefficient (Wildman–Crippen LogP) is 3.52. The summed E-state index contributed by atoms with van der Waals surface area (Å²) >= 11 is 0. The van der Waals surface area contributed by atoms with Gasteiger partial charge in [0, 0.05) is 12.3 Å². The van der Waals surface area contributed by atoms with Crippen molar-refractivity contribution in [1.29, 1.82) is 0 Å². The van der Waals surface area contributed by atoms with Crippen molar-refractivity contribution in [3.05, 3.63) is 29.8 Å². The molecule has 1 aromatic carbocycles. The van der Waals surface area contributed by atoms with Crippen LogP contribution in [-0.2, 0) is 23.9 Å². The Morgan fingerprint density at radius 1 is 1.03 bits per heavy atom. The van der Waals surface area contributed by atoms with Crippen LogP contribution in [0.3, 0.4) is 0 Å². The highest BCUT2D eigenvalue weighted by Gasteiger charge is 2.57. The van der Waals surface area contributed by atoms with Gasteiger partial charge in [0.25, 0.3) is 0 Å². The van der Waals surface area contributed by atoms with Gasteiger partial charge in [0.05, 0.1) is 31.3 Å². The van der Waals surface area contributed by atoms with Gasteiger partial charge >= 0.3 is 11.9 Å². The Balaban J connectivity index is 2.51. The summed E-state index contributed by atoms with van der Waals surface area (Å²) in [5.41, 5.74) is -1.09. The zero-order valence-corrected chi connectivity index (χ0v) is 19.9. The predicted molar refractivity (Wildman–Crippen MR) is 119 cm³/mol. The van der Waals surface area contributed by atoms with Crippen molar-refractivity contribution in [3.63, 3.8) is 0 Å². The van der Waals surface area contributed by atoms with Crippen molar-refractivity contribution in [2.45, 2.75) is 59.5 Å². The van der Waals surface area contributed by atoms with Crippen LogP contribution in [-0.4, -0.2) is 48.3 Å². The van der Waals surface area contributed by atoms with Crippen LogP contribution < -0.4 is 4.74 Å². The molecule has 32 heavy (non-hydrogen) atoms. The minimum atomic E-state index is -1.66. The van der Waals surface area contributed by atoms with Crippen LogP contribution in [0.4, 0.5) is 0 Å². The first kappa shape index (κ1) is 25.8. The van der Waals surface area contributed by atoms with Crippen molar-refractivity contribution in [2.24, 2.45) is 23.7 Å². The van der Waals surface area contributed by atoms with E-state index in [0.717, 1.165) is 0 Å². The van der Waals surface area contributed by atoms with Crippen LogP contribution in [0, 0.1) is 23.7 Å². The molecule has 0 amide bonds. The van der Waals surface area contributed by atoms with E-state index in [2.05, 4.69) is 0 Å². The van der Waals surface area contributed by atoms with E-state index in [9.17, 15) is 19.5 Å². The minimum absolute atomic E-state index is 0.0940. The molecule has 2 rings (SSSR count). The number of carbonyl (C=O) groups excluding carboxylic acids is 3. The molecule has 1 fully saturated rings. The van der Waals surface area contributed by atoms with Crippen LogP contribution in [0.2, 0.25) is 0 Å². The lowest BCUT2D eigenvalue weighted by molar-refractivity contribution is -0.173. The number of carbonyl (C=O) groups is 3. The lowest BCUT2D eigenvalue weighted by Crippen LogP contribution is -2.55. The first-order valence-corrected chi connectivity index (χ1v) is 11.3. The van der Waals surface area contributed by atoms with Gasteiger partial charge in [-0.25, -0.2) is 0 Å². The molecule has 0 radical (unpaired) electrons. The average Bonchev–Trinajstić information content (AvgIpc) is 2.70. The van der Waals surface area contributed by atoms with E-state index in [1.54, 1.807) is 24.3 Å². The summed E-state index contributed by atoms with van der Waals surface area (Å²) in [4.78, 5) is 39.2. The van der Waals surface area contributed by atoms with Gasteiger partial charge < -0.3 is 19.3 Å². The molecule has 0 spiro atoms. The Morgan fingerprint density at radius 2 is 1.56 bits per heavy atom. The summed E-state index contributed by atoms with van der Waals surface area (Å²) in [7, 11) is 0. The Labute approximate surface area is 190 Å². The molecule has 1 aliphatic carbocycles. The van der Waals surface area contributed by atoms with E-state index in [1.165, 1.54) is 6.92 Å². The Kier molecular flexibility index (Phi) is 8.84. The molecule has 0 bridgehead atoms. The van der Waals surface area contributed by atoms with Crippen molar-refractivity contribution in [3.8, 4) is 5.75 Å². The highest BCUT2D eigenvalue weighted by molar-refractivity contribution is 6.02. The number of hydrogen-bond donors (Lipinski definition) is 1. The number of ketones is 1. The molecule has 0 heterocycles. The minimum Gasteiger partial charge on any atom is -0.494 e. The van der Waals surface area contributed by atoms with Gasteiger partial charge in [-0.15, -0.1) is 0 Å². The van der Waals surface area contributed by atoms with E-state index < -0.39 is 41.1 Å². The normalized spacial score (nSPS) is 25.7. The number of ether oxygens (including phenoxy) is 3. The lowest BCUT2D eigenvalue weighted by atomic mass is 9.61. The monoisotopic (exact) mass is 448 g/mol. The van der Waals surface area contributed by atoms with Gasteiger partial charge in [-0.05, 0) is 43.4 Å². The molecule has 4 unspecified atom stereocenters. The summed E-state index contributed by atoms with van der Waals surface area (Å²) in [5.74, 6) is -4.16. The van der Waals surface area contributed by atoms with Gasteiger partial charge in [0.1, 0.15) is 11.7 Å². The fraction of sp³-hybridized carbons (Fsp3) is 0.640. The van der Waals surface area contributed by atoms with Gasteiger partial charge in [0.2, 0.25) is 0 Å². The van der Waals surface area contributed by atoms with Gasteiger partial charge in [-0.1, -0.05) is 39.8 Å². The summed E-state index contributed by atoms with van der Waals surface area (Å²) in [6.07, 6.45) is -0.330. The first-order valence-electron chi connectivity index (χ1n) is 11.3. The van der Waals surface area contributed by atoms with Crippen molar-refractivity contribution in [2.75, 3.05) is 19.8 Å².